The lowest BCUT2D eigenvalue weighted by Gasteiger charge is -2.12. The van der Waals surface area contributed by atoms with Crippen molar-refractivity contribution in [1.29, 1.82) is 0 Å². The molecule has 0 radical (unpaired) electrons. The number of anilines is 1. The molecule has 118 valence electrons. The normalized spacial score (nSPS) is 10.1. The van der Waals surface area contributed by atoms with Gasteiger partial charge in [-0.05, 0) is 43.3 Å². The van der Waals surface area contributed by atoms with Crippen molar-refractivity contribution in [2.75, 3.05) is 25.6 Å². The smallest absolute Gasteiger partial charge is 0.188 e. The second kappa shape index (κ2) is 8.55. The first-order chi connectivity index (χ1) is 10.7. The van der Waals surface area contributed by atoms with Gasteiger partial charge >= 0.3 is 0 Å². The molecule has 0 saturated carbocycles. The molecule has 1 heterocycles. The zero-order chi connectivity index (χ0) is 15.8. The number of aromatic nitrogens is 1. The SMILES string of the molecule is CCOc1cc(CCNC(=S)Nc2nccs2)ccc1OC. The van der Waals surface area contributed by atoms with E-state index in [9.17, 15) is 0 Å². The molecule has 7 heteroatoms. The van der Waals surface area contributed by atoms with Gasteiger partial charge in [0.25, 0.3) is 0 Å². The van der Waals surface area contributed by atoms with Gasteiger partial charge in [-0.2, -0.15) is 0 Å². The Morgan fingerprint density at radius 2 is 2.23 bits per heavy atom. The first-order valence-corrected chi connectivity index (χ1v) is 8.25. The van der Waals surface area contributed by atoms with Crippen molar-refractivity contribution in [2.24, 2.45) is 0 Å². The molecule has 2 aromatic rings. The zero-order valence-electron chi connectivity index (χ0n) is 12.6. The fourth-order valence-corrected chi connectivity index (χ4v) is 2.69. The molecule has 0 unspecified atom stereocenters. The summed E-state index contributed by atoms with van der Waals surface area (Å²) >= 11 is 6.74. The minimum atomic E-state index is 0.577. The minimum absolute atomic E-state index is 0.577. The molecule has 0 saturated heterocycles. The topological polar surface area (TPSA) is 55.4 Å². The second-order valence-corrected chi connectivity index (χ2v) is 5.69. The van der Waals surface area contributed by atoms with E-state index in [0.717, 1.165) is 35.2 Å². The van der Waals surface area contributed by atoms with Crippen molar-refractivity contribution in [2.45, 2.75) is 13.3 Å². The molecule has 0 aliphatic heterocycles. The van der Waals surface area contributed by atoms with Gasteiger partial charge in [0, 0.05) is 18.1 Å². The molecule has 0 spiro atoms. The van der Waals surface area contributed by atoms with Crippen molar-refractivity contribution < 1.29 is 9.47 Å². The number of ether oxygens (including phenoxy) is 2. The highest BCUT2D eigenvalue weighted by Gasteiger charge is 2.05. The predicted octanol–water partition coefficient (Wildman–Crippen LogP) is 3.08. The summed E-state index contributed by atoms with van der Waals surface area (Å²) in [5, 5.41) is 9.48. The van der Waals surface area contributed by atoms with Crippen LogP contribution in [0, 0.1) is 0 Å². The number of rotatable bonds is 7. The summed E-state index contributed by atoms with van der Waals surface area (Å²) in [6, 6.07) is 5.95. The van der Waals surface area contributed by atoms with E-state index in [0.29, 0.717) is 11.7 Å². The molecule has 1 aromatic carbocycles. The lowest BCUT2D eigenvalue weighted by molar-refractivity contribution is 0.310. The second-order valence-electron chi connectivity index (χ2n) is 4.39. The lowest BCUT2D eigenvalue weighted by Crippen LogP contribution is -2.30. The molecule has 0 fully saturated rings. The highest BCUT2D eigenvalue weighted by Crippen LogP contribution is 2.28. The van der Waals surface area contributed by atoms with Gasteiger partial charge < -0.3 is 20.1 Å². The number of nitrogens with zero attached hydrogens (tertiary/aromatic N) is 1. The quantitative estimate of drug-likeness (QED) is 0.757. The average Bonchev–Trinajstić information content (AvgIpc) is 3.01. The molecule has 0 aliphatic rings. The highest BCUT2D eigenvalue weighted by atomic mass is 32.1. The van der Waals surface area contributed by atoms with Crippen LogP contribution in [0.3, 0.4) is 0 Å². The molecule has 0 amide bonds. The standard InChI is InChI=1S/C15H19N3O2S2/c1-3-20-13-10-11(4-5-12(13)19-2)6-7-16-14(21)18-15-17-8-9-22-15/h4-5,8-10H,3,6-7H2,1-2H3,(H2,16,17,18,21). The first-order valence-electron chi connectivity index (χ1n) is 6.97. The lowest BCUT2D eigenvalue weighted by atomic mass is 10.1. The van der Waals surface area contributed by atoms with Gasteiger partial charge in [-0.25, -0.2) is 4.98 Å². The van der Waals surface area contributed by atoms with Crippen molar-refractivity contribution in [3.05, 3.63) is 35.3 Å². The van der Waals surface area contributed by atoms with Crippen LogP contribution in [0.5, 0.6) is 11.5 Å². The summed E-state index contributed by atoms with van der Waals surface area (Å²) in [5.41, 5.74) is 1.16. The maximum atomic E-state index is 5.58. The van der Waals surface area contributed by atoms with Crippen LogP contribution in [0.4, 0.5) is 5.13 Å². The average molecular weight is 337 g/mol. The largest absolute Gasteiger partial charge is 0.493 e. The van der Waals surface area contributed by atoms with E-state index in [1.54, 1.807) is 13.3 Å². The zero-order valence-corrected chi connectivity index (χ0v) is 14.2. The van der Waals surface area contributed by atoms with Gasteiger partial charge in [0.05, 0.1) is 13.7 Å². The molecule has 5 nitrogen and oxygen atoms in total. The number of thiocarbonyl (C=S) groups is 1. The Hall–Kier alpha value is -1.86. The van der Waals surface area contributed by atoms with E-state index < -0.39 is 0 Å². The molecule has 22 heavy (non-hydrogen) atoms. The maximum absolute atomic E-state index is 5.58. The van der Waals surface area contributed by atoms with Crippen molar-refractivity contribution in [3.63, 3.8) is 0 Å². The highest BCUT2D eigenvalue weighted by molar-refractivity contribution is 7.80. The van der Waals surface area contributed by atoms with Crippen LogP contribution in [-0.4, -0.2) is 30.4 Å². The molecule has 0 aliphatic carbocycles. The van der Waals surface area contributed by atoms with Crippen molar-refractivity contribution in [1.82, 2.24) is 10.3 Å². The Bertz CT molecular complexity index is 603. The summed E-state index contributed by atoms with van der Waals surface area (Å²) in [6.45, 7) is 3.30. The predicted molar refractivity (Wildman–Crippen MR) is 94.2 cm³/mol. The number of thiazole rings is 1. The Balaban J connectivity index is 1.83. The molecule has 2 rings (SSSR count). The molecular weight excluding hydrogens is 318 g/mol. The maximum Gasteiger partial charge on any atom is 0.188 e. The van der Waals surface area contributed by atoms with Gasteiger partial charge in [0.1, 0.15) is 0 Å². The number of benzene rings is 1. The van der Waals surface area contributed by atoms with Crippen LogP contribution in [0.15, 0.2) is 29.8 Å². The Morgan fingerprint density at radius 1 is 1.36 bits per heavy atom. The first kappa shape index (κ1) is 16.5. The fourth-order valence-electron chi connectivity index (χ4n) is 1.89. The summed E-state index contributed by atoms with van der Waals surface area (Å²) in [6.07, 6.45) is 2.58. The van der Waals surface area contributed by atoms with Gasteiger partial charge in [-0.15, -0.1) is 11.3 Å². The van der Waals surface area contributed by atoms with Crippen LogP contribution < -0.4 is 20.1 Å². The Labute approximate surface area is 139 Å². The molecular formula is C15H19N3O2S2. The number of nitrogens with one attached hydrogen (secondary N) is 2. The monoisotopic (exact) mass is 337 g/mol. The van der Waals surface area contributed by atoms with E-state index in [1.165, 1.54) is 11.3 Å². The summed E-state index contributed by atoms with van der Waals surface area (Å²) in [4.78, 5) is 4.12. The summed E-state index contributed by atoms with van der Waals surface area (Å²) in [5.74, 6) is 1.52. The van der Waals surface area contributed by atoms with E-state index >= 15 is 0 Å². The summed E-state index contributed by atoms with van der Waals surface area (Å²) < 4.78 is 10.9. The van der Waals surface area contributed by atoms with Crippen LogP contribution in [0.2, 0.25) is 0 Å². The number of hydrogen-bond acceptors (Lipinski definition) is 5. The van der Waals surface area contributed by atoms with Gasteiger partial charge in [0.15, 0.2) is 21.7 Å². The van der Waals surface area contributed by atoms with E-state index in [1.807, 2.05) is 30.5 Å². The van der Waals surface area contributed by atoms with Gasteiger partial charge in [0.2, 0.25) is 0 Å². The summed E-state index contributed by atoms with van der Waals surface area (Å²) in [7, 11) is 1.64. The fraction of sp³-hybridized carbons (Fsp3) is 0.333. The molecule has 0 bridgehead atoms. The molecule has 0 atom stereocenters. The van der Waals surface area contributed by atoms with Gasteiger partial charge in [-0.3, -0.25) is 0 Å². The van der Waals surface area contributed by atoms with E-state index in [2.05, 4.69) is 15.6 Å². The minimum Gasteiger partial charge on any atom is -0.493 e. The van der Waals surface area contributed by atoms with Crippen LogP contribution >= 0.6 is 23.6 Å². The van der Waals surface area contributed by atoms with Gasteiger partial charge in [-0.1, -0.05) is 6.07 Å². The van der Waals surface area contributed by atoms with Crippen molar-refractivity contribution >= 4 is 33.8 Å². The van der Waals surface area contributed by atoms with Crippen LogP contribution in [0.25, 0.3) is 0 Å². The molecule has 1 aromatic heterocycles. The molecule has 2 N–H and O–H groups in total. The van der Waals surface area contributed by atoms with Crippen LogP contribution in [0.1, 0.15) is 12.5 Å². The number of hydrogen-bond donors (Lipinski definition) is 2. The van der Waals surface area contributed by atoms with Crippen molar-refractivity contribution in [3.8, 4) is 11.5 Å². The number of methoxy groups -OCH3 is 1. The Morgan fingerprint density at radius 3 is 2.91 bits per heavy atom. The Kier molecular flexibility index (Phi) is 6.42. The van der Waals surface area contributed by atoms with E-state index in [-0.39, 0.29) is 0 Å². The van der Waals surface area contributed by atoms with E-state index in [4.69, 9.17) is 21.7 Å². The van der Waals surface area contributed by atoms with Crippen LogP contribution in [-0.2, 0) is 6.42 Å². The third-order valence-electron chi connectivity index (χ3n) is 2.88. The third kappa shape index (κ3) is 4.85. The third-order valence-corrected chi connectivity index (χ3v) is 3.81.